The molecular weight excluding hydrogens is 90.1 g/mol. The normalized spacial score (nSPS) is 9.29. The van der Waals surface area contributed by atoms with E-state index < -0.39 is 0 Å². The van der Waals surface area contributed by atoms with Crippen molar-refractivity contribution in [1.29, 1.82) is 0 Å². The Hall–Kier alpha value is -0.860. The molecule has 0 aromatic carbocycles. The van der Waals surface area contributed by atoms with Gasteiger partial charge in [-0.25, -0.2) is 0 Å². The molecule has 0 aliphatic carbocycles. The van der Waals surface area contributed by atoms with Crippen LogP contribution < -0.4 is 5.32 Å². The third kappa shape index (κ3) is 5.14. The van der Waals surface area contributed by atoms with Gasteiger partial charge in [0.05, 0.1) is 0 Å². The van der Waals surface area contributed by atoms with Gasteiger partial charge in [0.1, 0.15) is 0 Å². The van der Waals surface area contributed by atoms with Gasteiger partial charge >= 0.3 is 0 Å². The van der Waals surface area contributed by atoms with E-state index in [4.69, 9.17) is 5.41 Å². The lowest BCUT2D eigenvalue weighted by atomic mass is 10.8. The molecule has 0 saturated heterocycles. The highest BCUT2D eigenvalue weighted by atomic mass is 14.9. The minimum atomic E-state index is 0.737. The molecule has 0 aromatic rings. The van der Waals surface area contributed by atoms with Crippen molar-refractivity contribution < 1.29 is 0 Å². The van der Waals surface area contributed by atoms with E-state index in [2.05, 4.69) is 10.3 Å². The molecule has 0 heterocycles. The second-order valence-electron chi connectivity index (χ2n) is 0.924. The van der Waals surface area contributed by atoms with E-state index in [9.17, 15) is 0 Å². The van der Waals surface area contributed by atoms with Crippen LogP contribution >= 0.6 is 0 Å². The van der Waals surface area contributed by atoms with Crippen LogP contribution in [-0.4, -0.2) is 19.2 Å². The lowest BCUT2D eigenvalue weighted by molar-refractivity contribution is 1.13. The van der Waals surface area contributed by atoms with Gasteiger partial charge < -0.3 is 10.7 Å². The van der Waals surface area contributed by atoms with Gasteiger partial charge in [0.15, 0.2) is 0 Å². The molecule has 0 atom stereocenters. The third-order valence-corrected chi connectivity index (χ3v) is 0.423. The first kappa shape index (κ1) is 6.14. The summed E-state index contributed by atoms with van der Waals surface area (Å²) in [6.07, 6.45) is 2.26. The quantitative estimate of drug-likeness (QED) is 0.398. The lowest BCUT2D eigenvalue weighted by Gasteiger charge is -1.90. The van der Waals surface area contributed by atoms with Crippen LogP contribution in [0.4, 0.5) is 0 Å². The summed E-state index contributed by atoms with van der Waals surface area (Å²) in [6.45, 7) is 2.65. The Morgan fingerprint density at radius 3 is 3.00 bits per heavy atom. The minimum absolute atomic E-state index is 0.737. The molecule has 0 radical (unpaired) electrons. The SMILES string of the molecule is CCN=CNC=[N-]. The number of nitrogens with zero attached hydrogens (tertiary/aromatic N) is 2. The predicted octanol–water partition coefficient (Wildman–Crippen LogP) is 0.222. The van der Waals surface area contributed by atoms with Crippen molar-refractivity contribution in [3.8, 4) is 0 Å². The van der Waals surface area contributed by atoms with Crippen molar-refractivity contribution in [3.05, 3.63) is 5.41 Å². The molecule has 0 spiro atoms. The van der Waals surface area contributed by atoms with E-state index in [0.717, 1.165) is 12.9 Å². The van der Waals surface area contributed by atoms with Crippen LogP contribution in [0.3, 0.4) is 0 Å². The molecule has 40 valence electrons. The van der Waals surface area contributed by atoms with Crippen LogP contribution in [0.15, 0.2) is 4.99 Å². The Morgan fingerprint density at radius 1 is 1.86 bits per heavy atom. The molecule has 3 heteroatoms. The first-order chi connectivity index (χ1) is 3.41. The third-order valence-electron chi connectivity index (χ3n) is 0.423. The van der Waals surface area contributed by atoms with Crippen LogP contribution in [0.5, 0.6) is 0 Å². The molecule has 0 aliphatic rings. The van der Waals surface area contributed by atoms with E-state index >= 15 is 0 Å². The maximum Gasteiger partial charge on any atom is 0.0356 e. The maximum absolute atomic E-state index is 7.97. The molecule has 0 aromatic heterocycles. The average Bonchev–Trinajstić information content (AvgIpc) is 1.69. The molecule has 0 fully saturated rings. The first-order valence-corrected chi connectivity index (χ1v) is 2.12. The monoisotopic (exact) mass is 98.1 g/mol. The van der Waals surface area contributed by atoms with Gasteiger partial charge in [-0.1, -0.05) is 0 Å². The van der Waals surface area contributed by atoms with E-state index in [1.54, 1.807) is 0 Å². The highest BCUT2D eigenvalue weighted by Crippen LogP contribution is 1.56. The molecule has 0 amide bonds. The van der Waals surface area contributed by atoms with Gasteiger partial charge in [-0.15, -0.1) is 6.34 Å². The summed E-state index contributed by atoms with van der Waals surface area (Å²) in [7, 11) is 0. The van der Waals surface area contributed by atoms with Gasteiger partial charge in [0.2, 0.25) is 0 Å². The van der Waals surface area contributed by atoms with Crippen molar-refractivity contribution >= 4 is 12.7 Å². The molecule has 0 bridgehead atoms. The fraction of sp³-hybridized carbons (Fsp3) is 0.500. The summed E-state index contributed by atoms with van der Waals surface area (Å²) in [6, 6.07) is 0. The Kier molecular flexibility index (Phi) is 4.51. The first-order valence-electron chi connectivity index (χ1n) is 2.12. The predicted molar refractivity (Wildman–Crippen MR) is 31.6 cm³/mol. The topological polar surface area (TPSA) is 46.7 Å². The molecule has 0 saturated carbocycles. The number of nitrogens with one attached hydrogen (secondary N) is 1. The van der Waals surface area contributed by atoms with Crippen LogP contribution in [0, 0.1) is 0 Å². The molecule has 3 nitrogen and oxygen atoms in total. The van der Waals surface area contributed by atoms with Gasteiger partial charge in [-0.2, -0.15) is 0 Å². The number of rotatable bonds is 3. The van der Waals surface area contributed by atoms with Gasteiger partial charge in [-0.05, 0) is 6.92 Å². The average molecular weight is 98.1 g/mol. The minimum Gasteiger partial charge on any atom is -0.472 e. The zero-order chi connectivity index (χ0) is 5.54. The molecule has 1 N–H and O–H groups in total. The van der Waals surface area contributed by atoms with Crippen molar-refractivity contribution in [2.75, 3.05) is 6.54 Å². The van der Waals surface area contributed by atoms with Crippen molar-refractivity contribution in [2.24, 2.45) is 4.99 Å². The standard InChI is InChI=1S/C4H8N3/c1-2-6-4-7-3-5/h3-4H,2H2,1H3,(H-,5,6,7)/q-1. The summed E-state index contributed by atoms with van der Waals surface area (Å²) < 4.78 is 0. The van der Waals surface area contributed by atoms with E-state index in [1.165, 1.54) is 6.34 Å². The van der Waals surface area contributed by atoms with Crippen LogP contribution in [-0.2, 0) is 0 Å². The smallest absolute Gasteiger partial charge is 0.0356 e. The second kappa shape index (κ2) is 5.14. The molecule has 0 rings (SSSR count). The number of hydrogen-bond donors (Lipinski definition) is 1. The zero-order valence-corrected chi connectivity index (χ0v) is 4.26. The van der Waals surface area contributed by atoms with Crippen molar-refractivity contribution in [2.45, 2.75) is 6.92 Å². The number of aliphatic imine (C=N–C) groups is 1. The summed E-state index contributed by atoms with van der Waals surface area (Å²) in [5, 5.41) is 10.4. The van der Waals surface area contributed by atoms with E-state index in [1.807, 2.05) is 6.92 Å². The largest absolute Gasteiger partial charge is 0.472 e. The fourth-order valence-electron chi connectivity index (χ4n) is 0.177. The second-order valence-corrected chi connectivity index (χ2v) is 0.924. The lowest BCUT2D eigenvalue weighted by Crippen LogP contribution is -2.05. The highest BCUT2D eigenvalue weighted by Gasteiger charge is 1.54. The van der Waals surface area contributed by atoms with Crippen molar-refractivity contribution in [1.82, 2.24) is 5.32 Å². The Bertz CT molecular complexity index is 67.3. The fourth-order valence-corrected chi connectivity index (χ4v) is 0.177. The van der Waals surface area contributed by atoms with E-state index in [-0.39, 0.29) is 0 Å². The highest BCUT2D eigenvalue weighted by molar-refractivity contribution is 5.76. The van der Waals surface area contributed by atoms with Crippen molar-refractivity contribution in [3.63, 3.8) is 0 Å². The maximum atomic E-state index is 7.97. The Labute approximate surface area is 43.0 Å². The summed E-state index contributed by atoms with van der Waals surface area (Å²) in [5.41, 5.74) is 0. The van der Waals surface area contributed by atoms with Crippen LogP contribution in [0.25, 0.3) is 5.41 Å². The summed E-state index contributed by atoms with van der Waals surface area (Å²) in [4.78, 5) is 3.73. The summed E-state index contributed by atoms with van der Waals surface area (Å²) in [5.74, 6) is 0. The molecular formula is C4H8N3-. The Morgan fingerprint density at radius 2 is 2.57 bits per heavy atom. The van der Waals surface area contributed by atoms with Gasteiger partial charge in [0, 0.05) is 12.9 Å². The Balaban J connectivity index is 2.92. The molecule has 0 unspecified atom stereocenters. The van der Waals surface area contributed by atoms with E-state index in [0.29, 0.717) is 0 Å². The molecule has 7 heavy (non-hydrogen) atoms. The molecule has 0 aliphatic heterocycles. The van der Waals surface area contributed by atoms with Gasteiger partial charge in [-0.3, -0.25) is 4.99 Å². The van der Waals surface area contributed by atoms with Crippen LogP contribution in [0.2, 0.25) is 0 Å². The zero-order valence-electron chi connectivity index (χ0n) is 4.26. The van der Waals surface area contributed by atoms with Gasteiger partial charge in [0.25, 0.3) is 0 Å². The van der Waals surface area contributed by atoms with Crippen LogP contribution in [0.1, 0.15) is 6.92 Å². The summed E-state index contributed by atoms with van der Waals surface area (Å²) >= 11 is 0. The number of hydrogen-bond acceptors (Lipinski definition) is 1.